The zero-order valence-corrected chi connectivity index (χ0v) is 47.1. The van der Waals surface area contributed by atoms with Gasteiger partial charge in [0.2, 0.25) is 5.91 Å². The number of ether oxygens (including phenoxy) is 2. The second kappa shape index (κ2) is 51.7. The molecule has 1 rings (SSSR count). The Morgan fingerprint density at radius 3 is 1.17 bits per heavy atom. The third kappa shape index (κ3) is 40.0. The number of aliphatic hydroxyl groups excluding tert-OH is 6. The van der Waals surface area contributed by atoms with Gasteiger partial charge in [0.05, 0.1) is 25.4 Å². The maximum Gasteiger partial charge on any atom is 0.249 e. The van der Waals surface area contributed by atoms with E-state index in [0.29, 0.717) is 6.42 Å². The van der Waals surface area contributed by atoms with Crippen LogP contribution in [0.3, 0.4) is 0 Å². The van der Waals surface area contributed by atoms with Crippen LogP contribution in [0.25, 0.3) is 0 Å². The summed E-state index contributed by atoms with van der Waals surface area (Å²) in [7, 11) is 0. The second-order valence-corrected chi connectivity index (χ2v) is 22.0. The van der Waals surface area contributed by atoms with Gasteiger partial charge in [-0.2, -0.15) is 0 Å². The minimum Gasteiger partial charge on any atom is -0.394 e. The Labute approximate surface area is 443 Å². The zero-order valence-electron chi connectivity index (χ0n) is 47.1. The molecule has 1 fully saturated rings. The average molecular weight is 1020 g/mol. The topological polar surface area (TPSA) is 169 Å². The Morgan fingerprint density at radius 1 is 0.472 bits per heavy atom. The fourth-order valence-electron chi connectivity index (χ4n) is 10.1. The molecular formula is C62H119NO9. The number of hydrogen-bond donors (Lipinski definition) is 7. The smallest absolute Gasteiger partial charge is 0.249 e. The van der Waals surface area contributed by atoms with Crippen LogP contribution in [-0.4, -0.2) is 98.7 Å². The summed E-state index contributed by atoms with van der Waals surface area (Å²) >= 11 is 0. The molecule has 10 nitrogen and oxygen atoms in total. The van der Waals surface area contributed by atoms with Gasteiger partial charge < -0.3 is 45.4 Å². The number of rotatable bonds is 54. The zero-order chi connectivity index (χ0) is 52.4. The van der Waals surface area contributed by atoms with Crippen molar-refractivity contribution in [1.82, 2.24) is 5.32 Å². The van der Waals surface area contributed by atoms with Crippen molar-refractivity contribution in [3.8, 4) is 0 Å². The van der Waals surface area contributed by atoms with Crippen LogP contribution in [0.2, 0.25) is 0 Å². The molecule has 0 radical (unpaired) electrons. The lowest BCUT2D eigenvalue weighted by molar-refractivity contribution is -0.302. The predicted molar refractivity (Wildman–Crippen MR) is 301 cm³/mol. The van der Waals surface area contributed by atoms with E-state index in [1.807, 2.05) is 6.08 Å². The summed E-state index contributed by atoms with van der Waals surface area (Å²) in [5.74, 6) is -0.611. The predicted octanol–water partition coefficient (Wildman–Crippen LogP) is 14.7. The van der Waals surface area contributed by atoms with E-state index in [1.54, 1.807) is 6.08 Å². The van der Waals surface area contributed by atoms with Crippen LogP contribution in [0.1, 0.15) is 303 Å². The van der Waals surface area contributed by atoms with Crippen LogP contribution >= 0.6 is 0 Å². The molecule has 1 aliphatic rings. The number of aliphatic hydroxyl groups is 6. The lowest BCUT2D eigenvalue weighted by atomic mass is 9.99. The van der Waals surface area contributed by atoms with Crippen LogP contribution in [0.5, 0.6) is 0 Å². The number of carbonyl (C=O) groups is 1. The van der Waals surface area contributed by atoms with Gasteiger partial charge in [-0.3, -0.25) is 4.79 Å². The largest absolute Gasteiger partial charge is 0.394 e. The van der Waals surface area contributed by atoms with Gasteiger partial charge in [-0.15, -0.1) is 0 Å². The fraction of sp³-hybridized carbons (Fsp3) is 0.919. The highest BCUT2D eigenvalue weighted by molar-refractivity contribution is 5.80. The molecule has 10 heteroatoms. The maximum absolute atomic E-state index is 13.1. The average Bonchev–Trinajstić information content (AvgIpc) is 3.38. The van der Waals surface area contributed by atoms with Gasteiger partial charge in [0, 0.05) is 0 Å². The summed E-state index contributed by atoms with van der Waals surface area (Å²) < 4.78 is 11.2. The number of hydrogen-bond acceptors (Lipinski definition) is 9. The third-order valence-corrected chi connectivity index (χ3v) is 15.1. The molecule has 1 amide bonds. The van der Waals surface area contributed by atoms with E-state index in [2.05, 4.69) is 31.3 Å². The number of carbonyl (C=O) groups excluding carboxylic acids is 1. The molecule has 0 saturated carbocycles. The summed E-state index contributed by atoms with van der Waals surface area (Å²) in [5.41, 5.74) is 0. The fourth-order valence-corrected chi connectivity index (χ4v) is 10.1. The molecule has 0 aromatic heterocycles. The molecular weight excluding hydrogens is 903 g/mol. The first-order valence-electron chi connectivity index (χ1n) is 31.2. The highest BCUT2D eigenvalue weighted by atomic mass is 16.7. The van der Waals surface area contributed by atoms with Crippen LogP contribution in [0, 0.1) is 0 Å². The summed E-state index contributed by atoms with van der Waals surface area (Å²) in [6.07, 6.45) is 55.8. The summed E-state index contributed by atoms with van der Waals surface area (Å²) in [5, 5.41) is 65.1. The van der Waals surface area contributed by atoms with E-state index in [0.717, 1.165) is 44.9 Å². The standard InChI is InChI=1S/C62H119NO9/c1-3-5-7-9-11-13-15-17-19-21-22-23-24-25-26-27-28-29-30-31-32-33-34-35-37-39-41-43-45-47-49-51-56(66)61(70)63-54(53-71-62-60(69)59(68)58(67)57(52-64)72-62)55(65)50-48-46-44-42-40-38-36-20-18-16-14-12-10-8-6-4-2/h25-26,48,50,54-60,62,64-69H,3-24,27-47,49,51-53H2,1-2H3,(H,63,70)/b26-25-,50-48+. The molecule has 1 heterocycles. The Hall–Kier alpha value is -1.37. The number of unbranched alkanes of at least 4 members (excludes halogenated alkanes) is 41. The second-order valence-electron chi connectivity index (χ2n) is 22.0. The van der Waals surface area contributed by atoms with Crippen LogP contribution < -0.4 is 5.32 Å². The number of amides is 1. The van der Waals surface area contributed by atoms with Crippen LogP contribution in [-0.2, 0) is 14.3 Å². The number of nitrogens with one attached hydrogen (secondary N) is 1. The van der Waals surface area contributed by atoms with Crippen molar-refractivity contribution in [3.63, 3.8) is 0 Å². The number of allylic oxidation sites excluding steroid dienone is 3. The van der Waals surface area contributed by atoms with Gasteiger partial charge in [0.15, 0.2) is 6.29 Å². The van der Waals surface area contributed by atoms with Gasteiger partial charge in [0.25, 0.3) is 0 Å². The quantitative estimate of drug-likeness (QED) is 0.0232. The van der Waals surface area contributed by atoms with Crippen molar-refractivity contribution in [2.45, 2.75) is 352 Å². The van der Waals surface area contributed by atoms with Crippen molar-refractivity contribution >= 4 is 5.91 Å². The summed E-state index contributed by atoms with van der Waals surface area (Å²) in [4.78, 5) is 13.1. The SMILES string of the molecule is CCCCCCCCCCCCCC/C=C\CCCCCCCCCCCCCCCCCC(O)C(=O)NC(COC1OC(CO)C(O)C(O)C1O)C(O)/C=C/CCCCCCCCCCCCCCCC. The van der Waals surface area contributed by atoms with E-state index in [-0.39, 0.29) is 6.61 Å². The highest BCUT2D eigenvalue weighted by Crippen LogP contribution is 2.23. The van der Waals surface area contributed by atoms with Gasteiger partial charge in [0.1, 0.15) is 30.5 Å². The minimum absolute atomic E-state index is 0.302. The van der Waals surface area contributed by atoms with Crippen molar-refractivity contribution in [2.24, 2.45) is 0 Å². The lowest BCUT2D eigenvalue weighted by Gasteiger charge is -2.40. The molecule has 1 saturated heterocycles. The van der Waals surface area contributed by atoms with Crippen molar-refractivity contribution in [3.05, 3.63) is 24.3 Å². The van der Waals surface area contributed by atoms with Crippen molar-refractivity contribution in [2.75, 3.05) is 13.2 Å². The van der Waals surface area contributed by atoms with Gasteiger partial charge in [-0.1, -0.05) is 282 Å². The highest BCUT2D eigenvalue weighted by Gasteiger charge is 2.44. The normalized spacial score (nSPS) is 19.7. The van der Waals surface area contributed by atoms with E-state index in [9.17, 15) is 35.4 Å². The molecule has 0 bridgehead atoms. The van der Waals surface area contributed by atoms with Crippen LogP contribution in [0.15, 0.2) is 24.3 Å². The molecule has 426 valence electrons. The first-order chi connectivity index (χ1) is 35.3. The molecule has 8 atom stereocenters. The first-order valence-corrected chi connectivity index (χ1v) is 31.2. The van der Waals surface area contributed by atoms with E-state index >= 15 is 0 Å². The molecule has 0 aromatic carbocycles. The Kier molecular flexibility index (Phi) is 49.3. The van der Waals surface area contributed by atoms with E-state index in [4.69, 9.17) is 9.47 Å². The Balaban J connectivity index is 2.17. The summed E-state index contributed by atoms with van der Waals surface area (Å²) in [6, 6.07) is -0.978. The van der Waals surface area contributed by atoms with Gasteiger partial charge in [-0.25, -0.2) is 0 Å². The molecule has 0 aromatic rings. The molecule has 0 spiro atoms. The van der Waals surface area contributed by atoms with Gasteiger partial charge in [-0.05, 0) is 44.9 Å². The first kappa shape index (κ1) is 68.6. The van der Waals surface area contributed by atoms with E-state index < -0.39 is 61.5 Å². The Bertz CT molecular complexity index is 1200. The van der Waals surface area contributed by atoms with Crippen molar-refractivity contribution in [1.29, 1.82) is 0 Å². The molecule has 1 aliphatic heterocycles. The minimum atomic E-state index is -1.61. The summed E-state index contributed by atoms with van der Waals surface area (Å²) in [6.45, 7) is 3.65. The van der Waals surface area contributed by atoms with Crippen LogP contribution in [0.4, 0.5) is 0 Å². The molecule has 72 heavy (non-hydrogen) atoms. The van der Waals surface area contributed by atoms with E-state index in [1.165, 1.54) is 238 Å². The molecule has 8 unspecified atom stereocenters. The monoisotopic (exact) mass is 1020 g/mol. The lowest BCUT2D eigenvalue weighted by Crippen LogP contribution is -2.60. The molecule has 7 N–H and O–H groups in total. The maximum atomic E-state index is 13.1. The third-order valence-electron chi connectivity index (χ3n) is 15.1. The van der Waals surface area contributed by atoms with Gasteiger partial charge >= 0.3 is 0 Å². The Morgan fingerprint density at radius 2 is 0.806 bits per heavy atom. The molecule has 0 aliphatic carbocycles. The van der Waals surface area contributed by atoms with Crippen molar-refractivity contribution < 1.29 is 44.9 Å².